The average Bonchev–Trinajstić information content (AvgIpc) is 3.41. The van der Waals surface area contributed by atoms with E-state index >= 15 is 0 Å². The molecule has 0 aliphatic rings. The summed E-state index contributed by atoms with van der Waals surface area (Å²) in [5, 5.41) is 9.40. The van der Waals surface area contributed by atoms with Gasteiger partial charge in [0.05, 0.1) is 6.04 Å². The number of aryl methyl sites for hydroxylation is 3. The largest absolute Gasteiger partial charge is 0.465 e. The smallest absolute Gasteiger partial charge is 0.185 e. The fourth-order valence-corrected chi connectivity index (χ4v) is 2.41. The lowest BCUT2D eigenvalue weighted by Crippen LogP contribution is -2.30. The molecule has 0 aliphatic carbocycles. The van der Waals surface area contributed by atoms with E-state index in [1.807, 2.05) is 0 Å². The van der Waals surface area contributed by atoms with Crippen LogP contribution in [0.3, 0.4) is 0 Å². The van der Waals surface area contributed by atoms with Crippen LogP contribution in [0.25, 0.3) is 0 Å². The van der Waals surface area contributed by atoms with Crippen LogP contribution in [-0.4, -0.2) is 22.7 Å². The third-order valence-corrected chi connectivity index (χ3v) is 4.37. The van der Waals surface area contributed by atoms with E-state index in [2.05, 4.69) is 0 Å². The minimum atomic E-state index is -1.66. The van der Waals surface area contributed by atoms with Gasteiger partial charge in [0, 0.05) is 0 Å². The number of rotatable bonds is 5. The summed E-state index contributed by atoms with van der Waals surface area (Å²) in [6.07, 6.45) is -0.501. The average molecular weight is 454 g/mol. The Morgan fingerprint density at radius 2 is 1.25 bits per heavy atom. The maximum Gasteiger partial charge on any atom is 0.185 e. The summed E-state index contributed by atoms with van der Waals surface area (Å²) >= 11 is 0. The highest BCUT2D eigenvalue weighted by molar-refractivity contribution is 5.70. The Kier molecular flexibility index (Phi) is 9.60. The Bertz CT molecular complexity index is 903. The number of halogens is 2. The number of nitrogens with two attached hydrogens (primary N) is 1. The number of furan rings is 3. The molecule has 32 heavy (non-hydrogen) atoms. The van der Waals surface area contributed by atoms with Crippen molar-refractivity contribution in [2.75, 3.05) is 0 Å². The number of carbonyl (C=O) groups excluding carboxylic acids is 1. The lowest BCUT2D eigenvalue weighted by Gasteiger charge is -2.20. The van der Waals surface area contributed by atoms with Crippen molar-refractivity contribution in [2.45, 2.75) is 71.9 Å². The van der Waals surface area contributed by atoms with Crippen molar-refractivity contribution in [3.05, 3.63) is 71.0 Å². The van der Waals surface area contributed by atoms with Crippen LogP contribution in [0.4, 0.5) is 8.78 Å². The molecule has 0 fully saturated rings. The minimum Gasteiger partial charge on any atom is -0.465 e. The molecule has 8 heteroatoms. The van der Waals surface area contributed by atoms with Crippen LogP contribution in [0, 0.1) is 20.8 Å². The molecular formula is C24H33F2NO5. The highest BCUT2D eigenvalue weighted by Crippen LogP contribution is 2.29. The number of aldehydes is 1. The quantitative estimate of drug-likeness (QED) is 0.452. The van der Waals surface area contributed by atoms with Crippen LogP contribution >= 0.6 is 0 Å². The molecule has 0 aliphatic heterocycles. The monoisotopic (exact) mass is 453 g/mol. The highest BCUT2D eigenvalue weighted by Gasteiger charge is 2.31. The summed E-state index contributed by atoms with van der Waals surface area (Å²) in [6, 6.07) is 9.48. The number of alkyl halides is 2. The van der Waals surface area contributed by atoms with Gasteiger partial charge in [0.15, 0.2) is 12.0 Å². The maximum absolute atomic E-state index is 13.3. The zero-order valence-electron chi connectivity index (χ0n) is 19.6. The fraction of sp³-hybridized carbons (Fsp3) is 0.458. The van der Waals surface area contributed by atoms with Crippen LogP contribution in [0.15, 0.2) is 49.6 Å². The summed E-state index contributed by atoms with van der Waals surface area (Å²) in [6.45, 7) is 10.9. The topological polar surface area (TPSA) is 103 Å². The van der Waals surface area contributed by atoms with Gasteiger partial charge in [0.2, 0.25) is 0 Å². The Hall–Kier alpha value is -2.71. The van der Waals surface area contributed by atoms with Crippen LogP contribution in [-0.2, 0) is 0 Å². The third kappa shape index (κ3) is 8.80. The van der Waals surface area contributed by atoms with Gasteiger partial charge in [-0.1, -0.05) is 0 Å². The van der Waals surface area contributed by atoms with E-state index in [1.165, 1.54) is 27.7 Å². The number of carbonyl (C=O) groups is 1. The van der Waals surface area contributed by atoms with Crippen molar-refractivity contribution in [2.24, 2.45) is 5.73 Å². The van der Waals surface area contributed by atoms with Crippen molar-refractivity contribution in [3.63, 3.8) is 0 Å². The molecule has 3 aromatic heterocycles. The molecule has 0 saturated heterocycles. The van der Waals surface area contributed by atoms with Gasteiger partial charge in [0.25, 0.3) is 0 Å². The number of hydrogen-bond acceptors (Lipinski definition) is 6. The van der Waals surface area contributed by atoms with Gasteiger partial charge in [-0.15, -0.1) is 0 Å². The van der Waals surface area contributed by atoms with E-state index in [0.717, 1.165) is 11.5 Å². The molecule has 0 radical (unpaired) electrons. The van der Waals surface area contributed by atoms with Crippen molar-refractivity contribution < 1.29 is 31.9 Å². The van der Waals surface area contributed by atoms with E-state index in [0.29, 0.717) is 23.6 Å². The molecule has 2 atom stereocenters. The van der Waals surface area contributed by atoms with E-state index < -0.39 is 23.5 Å². The Morgan fingerprint density at radius 3 is 1.53 bits per heavy atom. The van der Waals surface area contributed by atoms with E-state index in [4.69, 9.17) is 19.0 Å². The van der Waals surface area contributed by atoms with Gasteiger partial charge in [-0.25, -0.2) is 8.78 Å². The van der Waals surface area contributed by atoms with Gasteiger partial charge in [-0.2, -0.15) is 0 Å². The molecule has 0 aromatic carbocycles. The number of aliphatic hydroxyl groups is 1. The predicted octanol–water partition coefficient (Wildman–Crippen LogP) is 6.11. The molecule has 0 bridgehead atoms. The summed E-state index contributed by atoms with van der Waals surface area (Å²) in [5.74, 6) is 3.37. The summed E-state index contributed by atoms with van der Waals surface area (Å²) in [5.41, 5.74) is 2.51. The fourth-order valence-electron chi connectivity index (χ4n) is 2.41. The normalized spacial score (nSPS) is 13.3. The van der Waals surface area contributed by atoms with Crippen LogP contribution in [0.2, 0.25) is 0 Å². The molecule has 0 saturated carbocycles. The first-order valence-corrected chi connectivity index (χ1v) is 10.1. The van der Waals surface area contributed by atoms with Crippen molar-refractivity contribution >= 4 is 6.29 Å². The second-order valence-electron chi connectivity index (χ2n) is 8.47. The van der Waals surface area contributed by atoms with Gasteiger partial charge < -0.3 is 24.1 Å². The van der Waals surface area contributed by atoms with Crippen LogP contribution < -0.4 is 5.73 Å². The number of hydrogen-bond donors (Lipinski definition) is 2. The Morgan fingerprint density at radius 1 is 0.812 bits per heavy atom. The molecular weight excluding hydrogens is 420 g/mol. The first-order valence-electron chi connectivity index (χ1n) is 10.1. The van der Waals surface area contributed by atoms with Crippen molar-refractivity contribution in [1.29, 1.82) is 0 Å². The van der Waals surface area contributed by atoms with E-state index in [9.17, 15) is 18.7 Å². The predicted molar refractivity (Wildman–Crippen MR) is 118 cm³/mol. The number of aliphatic hydroxyl groups excluding tert-OH is 1. The van der Waals surface area contributed by atoms with Gasteiger partial charge in [0.1, 0.15) is 46.2 Å². The van der Waals surface area contributed by atoms with Gasteiger partial charge in [-0.05, 0) is 84.9 Å². The maximum atomic E-state index is 13.3. The Balaban J connectivity index is 0.000000245. The molecule has 3 heterocycles. The van der Waals surface area contributed by atoms with Crippen LogP contribution in [0.5, 0.6) is 0 Å². The summed E-state index contributed by atoms with van der Waals surface area (Å²) in [4.78, 5) is 9.93. The minimum absolute atomic E-state index is 0.278. The first kappa shape index (κ1) is 27.3. The molecule has 1 unspecified atom stereocenters. The highest BCUT2D eigenvalue weighted by atomic mass is 19.1. The van der Waals surface area contributed by atoms with Gasteiger partial charge >= 0.3 is 0 Å². The third-order valence-electron chi connectivity index (χ3n) is 4.37. The van der Waals surface area contributed by atoms with Crippen molar-refractivity contribution in [3.8, 4) is 0 Å². The van der Waals surface area contributed by atoms with E-state index in [1.54, 1.807) is 57.2 Å². The first-order chi connectivity index (χ1) is 14.6. The summed E-state index contributed by atoms with van der Waals surface area (Å²) in [7, 11) is 0. The lowest BCUT2D eigenvalue weighted by atomic mass is 10.00. The van der Waals surface area contributed by atoms with Gasteiger partial charge in [-0.3, -0.25) is 4.79 Å². The zero-order valence-corrected chi connectivity index (χ0v) is 19.6. The molecule has 3 aromatic rings. The molecule has 178 valence electrons. The standard InChI is InChI=1S/C9H14FNO.C9H13FO2.C6H6O2/c2*1-6-4-5-7(12-6)8(11)9(2,3)10;1-5-2-3-6(4-7)8-5/h4-5,8H,11H2,1-3H3;4-5,8,11H,1-3H3;2-4H,1H3/t8-;;/m0../s1. The van der Waals surface area contributed by atoms with Crippen LogP contribution in [0.1, 0.15) is 79.2 Å². The Labute approximate surface area is 187 Å². The molecule has 0 amide bonds. The van der Waals surface area contributed by atoms with Crippen molar-refractivity contribution in [1.82, 2.24) is 0 Å². The molecule has 6 nitrogen and oxygen atoms in total. The molecule has 0 spiro atoms. The zero-order chi connectivity index (χ0) is 24.7. The van der Waals surface area contributed by atoms with E-state index in [-0.39, 0.29) is 5.76 Å². The summed E-state index contributed by atoms with van der Waals surface area (Å²) < 4.78 is 41.6. The second kappa shape index (κ2) is 11.2. The molecule has 3 N–H and O–H groups in total. The second-order valence-corrected chi connectivity index (χ2v) is 8.47. The SMILES string of the molecule is Cc1ccc(C(O)C(C)(C)F)o1.Cc1ccc(C=O)o1.Cc1ccc([C@H](N)C(C)(C)F)o1. The lowest BCUT2D eigenvalue weighted by molar-refractivity contribution is 0.00149. The molecule has 3 rings (SSSR count).